The Morgan fingerprint density at radius 1 is 1.13 bits per heavy atom. The predicted molar refractivity (Wildman–Crippen MR) is 53.2 cm³/mol. The molecule has 86 valence electrons. The number of carbonyl (C=O) groups is 1. The molecule has 4 nitrogen and oxygen atoms in total. The molecule has 2 fully saturated rings. The van der Waals surface area contributed by atoms with Crippen molar-refractivity contribution < 1.29 is 20.1 Å². The molecule has 0 aromatic rings. The van der Waals surface area contributed by atoms with Crippen molar-refractivity contribution in [3.8, 4) is 0 Å². The average molecular weight is 214 g/mol. The monoisotopic (exact) mass is 214 g/mol. The van der Waals surface area contributed by atoms with Crippen LogP contribution >= 0.6 is 0 Å². The maximum atomic E-state index is 11.4. The van der Waals surface area contributed by atoms with E-state index in [1.807, 2.05) is 20.8 Å². The molecule has 0 heterocycles. The third-order valence-electron chi connectivity index (χ3n) is 5.42. The zero-order valence-electron chi connectivity index (χ0n) is 9.32. The summed E-state index contributed by atoms with van der Waals surface area (Å²) in [5.41, 5.74) is -2.25. The minimum Gasteiger partial charge on any atom is -0.481 e. The molecule has 2 saturated carbocycles. The van der Waals surface area contributed by atoms with E-state index in [-0.39, 0.29) is 0 Å². The second-order valence-corrected chi connectivity index (χ2v) is 5.71. The zero-order valence-corrected chi connectivity index (χ0v) is 9.32. The number of carboxylic acid groups (broad SMARTS) is 1. The number of hydrogen-bond acceptors (Lipinski definition) is 3. The van der Waals surface area contributed by atoms with Crippen LogP contribution < -0.4 is 0 Å². The fraction of sp³-hybridized carbons (Fsp3) is 0.909. The molecule has 2 aliphatic carbocycles. The van der Waals surface area contributed by atoms with Gasteiger partial charge in [-0.2, -0.15) is 0 Å². The number of fused-ring (bicyclic) bond motifs is 2. The minimum atomic E-state index is -1.18. The highest BCUT2D eigenvalue weighted by Crippen LogP contribution is 2.72. The van der Waals surface area contributed by atoms with E-state index in [1.165, 1.54) is 0 Å². The smallest absolute Gasteiger partial charge is 0.312 e. The third-order valence-corrected chi connectivity index (χ3v) is 5.42. The first-order valence-electron chi connectivity index (χ1n) is 5.31. The predicted octanol–water partition coefficient (Wildman–Crippen LogP) is 0.619. The van der Waals surface area contributed by atoms with E-state index < -0.39 is 34.4 Å². The van der Waals surface area contributed by atoms with E-state index in [9.17, 15) is 20.1 Å². The summed E-state index contributed by atoms with van der Waals surface area (Å²) in [6.07, 6.45) is -0.977. The number of carboxylic acids is 1. The molecule has 0 spiro atoms. The van der Waals surface area contributed by atoms with Crippen molar-refractivity contribution in [3.63, 3.8) is 0 Å². The lowest BCUT2D eigenvalue weighted by Gasteiger charge is -2.38. The van der Waals surface area contributed by atoms with E-state index >= 15 is 0 Å². The summed E-state index contributed by atoms with van der Waals surface area (Å²) in [6.45, 7) is 5.56. The average Bonchev–Trinajstić information content (AvgIpc) is 2.39. The lowest BCUT2D eigenvalue weighted by atomic mass is 9.64. The highest BCUT2D eigenvalue weighted by atomic mass is 16.4. The number of aliphatic carboxylic acids is 1. The highest BCUT2D eigenvalue weighted by Gasteiger charge is 2.77. The Bertz CT molecular complexity index is 325. The van der Waals surface area contributed by atoms with Crippen molar-refractivity contribution in [1.29, 1.82) is 0 Å². The second kappa shape index (κ2) is 2.55. The minimum absolute atomic E-state index is 0.448. The molecule has 0 aliphatic heterocycles. The molecule has 0 saturated heterocycles. The molecule has 4 heteroatoms. The van der Waals surface area contributed by atoms with E-state index in [0.29, 0.717) is 12.8 Å². The number of aliphatic hydroxyl groups is 2. The van der Waals surface area contributed by atoms with Gasteiger partial charge in [0.05, 0.1) is 12.2 Å². The van der Waals surface area contributed by atoms with E-state index in [1.54, 1.807) is 0 Å². The molecular weight excluding hydrogens is 196 g/mol. The summed E-state index contributed by atoms with van der Waals surface area (Å²) < 4.78 is 0. The summed E-state index contributed by atoms with van der Waals surface area (Å²) >= 11 is 0. The van der Waals surface area contributed by atoms with Crippen LogP contribution in [-0.4, -0.2) is 33.5 Å². The van der Waals surface area contributed by atoms with Crippen LogP contribution in [0.25, 0.3) is 0 Å². The van der Waals surface area contributed by atoms with Gasteiger partial charge in [-0.15, -0.1) is 0 Å². The molecule has 0 amide bonds. The molecule has 0 unspecified atom stereocenters. The van der Waals surface area contributed by atoms with E-state index in [2.05, 4.69) is 0 Å². The van der Waals surface area contributed by atoms with Gasteiger partial charge in [0.1, 0.15) is 5.41 Å². The Morgan fingerprint density at radius 2 is 1.67 bits per heavy atom. The molecular formula is C11H18O4. The van der Waals surface area contributed by atoms with Crippen LogP contribution in [0.2, 0.25) is 0 Å². The van der Waals surface area contributed by atoms with Crippen LogP contribution in [0.1, 0.15) is 33.6 Å². The van der Waals surface area contributed by atoms with Gasteiger partial charge in [-0.05, 0) is 18.3 Å². The van der Waals surface area contributed by atoms with Gasteiger partial charge < -0.3 is 15.3 Å². The summed E-state index contributed by atoms with van der Waals surface area (Å²) in [5, 5.41) is 29.3. The summed E-state index contributed by atoms with van der Waals surface area (Å²) in [5.74, 6) is -0.986. The molecule has 0 aromatic heterocycles. The molecule has 0 radical (unpaired) electrons. The normalized spacial score (nSPS) is 52.1. The highest BCUT2D eigenvalue weighted by molar-refractivity contribution is 5.79. The molecule has 15 heavy (non-hydrogen) atoms. The molecule has 0 aromatic carbocycles. The van der Waals surface area contributed by atoms with Gasteiger partial charge in [-0.1, -0.05) is 20.8 Å². The van der Waals surface area contributed by atoms with Crippen molar-refractivity contribution in [2.45, 2.75) is 45.8 Å². The van der Waals surface area contributed by atoms with E-state index in [4.69, 9.17) is 0 Å². The molecule has 2 rings (SSSR count). The van der Waals surface area contributed by atoms with Gasteiger partial charge in [0, 0.05) is 5.41 Å². The number of aliphatic hydroxyl groups excluding tert-OH is 2. The Balaban J connectivity index is 2.62. The Hall–Kier alpha value is -0.610. The lowest BCUT2D eigenvalue weighted by Crippen LogP contribution is -2.48. The number of rotatable bonds is 1. The first-order chi connectivity index (χ1) is 6.72. The first-order valence-corrected chi connectivity index (χ1v) is 5.31. The standard InChI is InChI=1S/C11H18O4/c1-9(2)10(3)4-5-11(9,8(14)15)7(13)6(10)12/h6-7,12-13H,4-5H2,1-3H3,(H,14,15)/t6-,7+,10-,11-/m1/s1. The van der Waals surface area contributed by atoms with Crippen molar-refractivity contribution in [2.24, 2.45) is 16.2 Å². The molecule has 4 atom stereocenters. The second-order valence-electron chi connectivity index (χ2n) is 5.71. The number of hydrogen-bond donors (Lipinski definition) is 3. The Labute approximate surface area is 88.9 Å². The Morgan fingerprint density at radius 3 is 1.93 bits per heavy atom. The van der Waals surface area contributed by atoms with Crippen molar-refractivity contribution >= 4 is 5.97 Å². The van der Waals surface area contributed by atoms with Crippen LogP contribution in [0.15, 0.2) is 0 Å². The maximum absolute atomic E-state index is 11.4. The van der Waals surface area contributed by atoms with Gasteiger partial charge in [0.2, 0.25) is 0 Å². The fourth-order valence-electron chi connectivity index (χ4n) is 3.75. The van der Waals surface area contributed by atoms with Gasteiger partial charge in [-0.3, -0.25) is 4.79 Å². The van der Waals surface area contributed by atoms with Crippen LogP contribution in [0, 0.1) is 16.2 Å². The van der Waals surface area contributed by atoms with Crippen LogP contribution in [0.5, 0.6) is 0 Å². The zero-order chi connectivity index (χ0) is 11.6. The van der Waals surface area contributed by atoms with E-state index in [0.717, 1.165) is 0 Å². The van der Waals surface area contributed by atoms with Crippen molar-refractivity contribution in [1.82, 2.24) is 0 Å². The largest absolute Gasteiger partial charge is 0.481 e. The Kier molecular flexibility index (Phi) is 1.85. The van der Waals surface area contributed by atoms with Crippen molar-refractivity contribution in [2.75, 3.05) is 0 Å². The lowest BCUT2D eigenvalue weighted by molar-refractivity contribution is -0.164. The summed E-state index contributed by atoms with van der Waals surface area (Å²) in [7, 11) is 0. The fourth-order valence-corrected chi connectivity index (χ4v) is 3.75. The van der Waals surface area contributed by atoms with Gasteiger partial charge in [0.15, 0.2) is 0 Å². The molecule has 2 bridgehead atoms. The summed E-state index contributed by atoms with van der Waals surface area (Å²) in [4.78, 5) is 11.4. The van der Waals surface area contributed by atoms with Crippen LogP contribution in [0.3, 0.4) is 0 Å². The maximum Gasteiger partial charge on any atom is 0.312 e. The molecule has 2 aliphatic rings. The quantitative estimate of drug-likeness (QED) is 0.598. The van der Waals surface area contributed by atoms with Gasteiger partial charge >= 0.3 is 5.97 Å². The third kappa shape index (κ3) is 0.807. The SMILES string of the molecule is CC1(C)[C@]2(C(=O)O)CC[C@]1(C)[C@H](O)[C@@H]2O. The van der Waals surface area contributed by atoms with Crippen LogP contribution in [0.4, 0.5) is 0 Å². The summed E-state index contributed by atoms with van der Waals surface area (Å²) in [6, 6.07) is 0. The molecule has 3 N–H and O–H groups in total. The first kappa shape index (κ1) is 10.9. The van der Waals surface area contributed by atoms with Crippen LogP contribution in [-0.2, 0) is 4.79 Å². The van der Waals surface area contributed by atoms with Crippen molar-refractivity contribution in [3.05, 3.63) is 0 Å². The topological polar surface area (TPSA) is 77.8 Å². The van der Waals surface area contributed by atoms with Gasteiger partial charge in [-0.25, -0.2) is 0 Å². The van der Waals surface area contributed by atoms with Gasteiger partial charge in [0.25, 0.3) is 0 Å².